The molecule has 3 N–H and O–H groups in total. The van der Waals surface area contributed by atoms with Crippen LogP contribution in [0.3, 0.4) is 0 Å². The molecule has 2 aromatic rings. The number of carbonyl (C=O) groups is 1. The molecule has 1 aliphatic heterocycles. The van der Waals surface area contributed by atoms with Gasteiger partial charge in [0.2, 0.25) is 6.23 Å². The fourth-order valence-corrected chi connectivity index (χ4v) is 3.30. The minimum atomic E-state index is -4.83. The van der Waals surface area contributed by atoms with E-state index in [4.69, 9.17) is 10.5 Å². The Hall–Kier alpha value is -2.62. The topological polar surface area (TPSA) is 79.0 Å². The zero-order valence-electron chi connectivity index (χ0n) is 16.0. The molecule has 0 aliphatic carbocycles. The average Bonchev–Trinajstić information content (AvgIpc) is 3.00. The molecule has 0 bridgehead atoms. The first-order chi connectivity index (χ1) is 13.6. The molecule has 3 rings (SSSR count). The predicted octanol–water partition coefficient (Wildman–Crippen LogP) is 2.62. The first-order valence-electron chi connectivity index (χ1n) is 8.89. The van der Waals surface area contributed by atoms with Gasteiger partial charge >= 0.3 is 6.18 Å². The highest BCUT2D eigenvalue weighted by Crippen LogP contribution is 2.30. The number of amides is 1. The molecule has 29 heavy (non-hydrogen) atoms. The van der Waals surface area contributed by atoms with Gasteiger partial charge in [-0.2, -0.15) is 13.2 Å². The molecule has 0 fully saturated rings. The van der Waals surface area contributed by atoms with Gasteiger partial charge in [-0.1, -0.05) is 24.3 Å². The Morgan fingerprint density at radius 2 is 2.00 bits per heavy atom. The second-order valence-corrected chi connectivity index (χ2v) is 6.95. The lowest BCUT2D eigenvalue weighted by atomic mass is 10.0. The molecular weight excluding hydrogens is 387 g/mol. The molecule has 2 unspecified atom stereocenters. The molecular formula is C20H22F3N3O3. The van der Waals surface area contributed by atoms with E-state index in [-0.39, 0.29) is 5.91 Å². The van der Waals surface area contributed by atoms with E-state index in [2.05, 4.69) is 0 Å². The largest absolute Gasteiger partial charge is 0.497 e. The molecule has 0 saturated heterocycles. The van der Waals surface area contributed by atoms with Crippen LogP contribution in [0.15, 0.2) is 42.5 Å². The zero-order chi connectivity index (χ0) is 21.3. The second kappa shape index (κ2) is 8.02. The molecule has 9 heteroatoms. The summed E-state index contributed by atoms with van der Waals surface area (Å²) in [5.41, 5.74) is 8.27. The molecule has 0 saturated carbocycles. The molecule has 2 atom stereocenters. The molecule has 156 valence electrons. The van der Waals surface area contributed by atoms with Crippen LogP contribution in [0.2, 0.25) is 0 Å². The van der Waals surface area contributed by atoms with Crippen LogP contribution in [0.25, 0.3) is 0 Å². The minimum absolute atomic E-state index is 0.226. The van der Waals surface area contributed by atoms with E-state index in [0.29, 0.717) is 34.9 Å². The average molecular weight is 409 g/mol. The number of nitrogens with two attached hydrogens (primary N) is 1. The Labute approximate surface area is 166 Å². The smallest absolute Gasteiger partial charge is 0.428 e. The monoisotopic (exact) mass is 409 g/mol. The summed E-state index contributed by atoms with van der Waals surface area (Å²) in [5, 5.41) is 9.42. The number of ether oxygens (including phenoxy) is 1. The van der Waals surface area contributed by atoms with Crippen LogP contribution in [0.5, 0.6) is 5.75 Å². The van der Waals surface area contributed by atoms with Gasteiger partial charge < -0.3 is 20.5 Å². The number of alkyl halides is 3. The van der Waals surface area contributed by atoms with Crippen molar-refractivity contribution in [2.75, 3.05) is 14.2 Å². The van der Waals surface area contributed by atoms with Gasteiger partial charge in [0.05, 0.1) is 13.3 Å². The number of methoxy groups -OCH3 is 1. The van der Waals surface area contributed by atoms with Crippen LogP contribution in [0, 0.1) is 0 Å². The number of aliphatic hydroxyl groups is 1. The third-order valence-electron chi connectivity index (χ3n) is 4.98. The van der Waals surface area contributed by atoms with Crippen molar-refractivity contribution < 1.29 is 27.8 Å². The van der Waals surface area contributed by atoms with Gasteiger partial charge in [0.15, 0.2) is 0 Å². The maximum atomic E-state index is 12.8. The third-order valence-corrected chi connectivity index (χ3v) is 4.98. The molecule has 0 aromatic heterocycles. The van der Waals surface area contributed by atoms with Gasteiger partial charge in [-0.25, -0.2) is 0 Å². The molecule has 2 aromatic carbocycles. The van der Waals surface area contributed by atoms with Crippen LogP contribution < -0.4 is 10.5 Å². The lowest BCUT2D eigenvalue weighted by molar-refractivity contribution is -0.252. The van der Waals surface area contributed by atoms with Gasteiger partial charge in [0.25, 0.3) is 5.91 Å². The fourth-order valence-electron chi connectivity index (χ4n) is 3.30. The number of carbonyl (C=O) groups excluding carboxylic acids is 1. The number of hydrogen-bond donors (Lipinski definition) is 2. The summed E-state index contributed by atoms with van der Waals surface area (Å²) < 4.78 is 43.5. The second-order valence-electron chi connectivity index (χ2n) is 6.95. The molecule has 6 nitrogen and oxygen atoms in total. The molecule has 1 heterocycles. The molecule has 1 amide bonds. The van der Waals surface area contributed by atoms with E-state index in [1.807, 2.05) is 24.3 Å². The highest BCUT2D eigenvalue weighted by atomic mass is 19.4. The molecule has 0 spiro atoms. The Morgan fingerprint density at radius 1 is 1.28 bits per heavy atom. The van der Waals surface area contributed by atoms with Crippen LogP contribution in [-0.2, 0) is 13.1 Å². The van der Waals surface area contributed by atoms with E-state index in [0.717, 1.165) is 18.2 Å². The number of fused-ring (bicyclic) bond motifs is 1. The van der Waals surface area contributed by atoms with Crippen molar-refractivity contribution in [1.29, 1.82) is 0 Å². The standard InChI is InChI=1S/C20H22F3N3O3/c1-25(19(28)20(21,22)23)17(24)13-6-7-14-11-26(18(27)16(14)9-13)10-12-4-3-5-15(8-12)29-2/h3-9,17,19,28H,10-11,24H2,1-2H3. The maximum absolute atomic E-state index is 12.8. The van der Waals surface area contributed by atoms with E-state index in [1.54, 1.807) is 24.1 Å². The Morgan fingerprint density at radius 3 is 2.66 bits per heavy atom. The summed E-state index contributed by atoms with van der Waals surface area (Å²) in [6, 6.07) is 12.1. The number of benzene rings is 2. The van der Waals surface area contributed by atoms with Crippen molar-refractivity contribution in [3.05, 3.63) is 64.7 Å². The zero-order valence-corrected chi connectivity index (χ0v) is 16.0. The summed E-state index contributed by atoms with van der Waals surface area (Å²) in [7, 11) is 2.64. The van der Waals surface area contributed by atoms with Crippen LogP contribution in [0.4, 0.5) is 13.2 Å². The van der Waals surface area contributed by atoms with Crippen LogP contribution >= 0.6 is 0 Å². The van der Waals surface area contributed by atoms with Gasteiger partial charge in [0.1, 0.15) is 5.75 Å². The number of nitrogens with zero attached hydrogens (tertiary/aromatic N) is 2. The van der Waals surface area contributed by atoms with Crippen molar-refractivity contribution in [3.63, 3.8) is 0 Å². The Kier molecular flexibility index (Phi) is 5.83. The van der Waals surface area contributed by atoms with E-state index in [9.17, 15) is 23.1 Å². The highest BCUT2D eigenvalue weighted by molar-refractivity contribution is 5.98. The summed E-state index contributed by atoms with van der Waals surface area (Å²) in [5.74, 6) is 0.460. The fraction of sp³-hybridized carbons (Fsp3) is 0.350. The maximum Gasteiger partial charge on any atom is 0.428 e. The lowest BCUT2D eigenvalue weighted by Crippen LogP contribution is -2.47. The van der Waals surface area contributed by atoms with Crippen LogP contribution in [-0.4, -0.2) is 47.4 Å². The van der Waals surface area contributed by atoms with Crippen molar-refractivity contribution >= 4 is 5.91 Å². The van der Waals surface area contributed by atoms with Crippen molar-refractivity contribution in [1.82, 2.24) is 9.80 Å². The third kappa shape index (κ3) is 4.36. The van der Waals surface area contributed by atoms with Crippen LogP contribution in [0.1, 0.15) is 33.2 Å². The number of halogens is 3. The SMILES string of the molecule is COc1cccc(CN2Cc3ccc(C(N)N(C)C(O)C(F)(F)F)cc3C2=O)c1. The highest BCUT2D eigenvalue weighted by Gasteiger charge is 2.43. The van der Waals surface area contributed by atoms with Crippen molar-refractivity contribution in [2.45, 2.75) is 31.7 Å². The van der Waals surface area contributed by atoms with Gasteiger partial charge in [-0.15, -0.1) is 0 Å². The number of rotatable bonds is 6. The van der Waals surface area contributed by atoms with Gasteiger partial charge in [-0.3, -0.25) is 9.69 Å². The Balaban J connectivity index is 1.77. The quantitative estimate of drug-likeness (QED) is 0.717. The normalized spacial score (nSPS) is 16.1. The first kappa shape index (κ1) is 21.1. The van der Waals surface area contributed by atoms with E-state index >= 15 is 0 Å². The van der Waals surface area contributed by atoms with E-state index in [1.165, 1.54) is 6.07 Å². The number of aliphatic hydroxyl groups excluding tert-OH is 1. The summed E-state index contributed by atoms with van der Waals surface area (Å²) in [6.45, 7) is 0.765. The van der Waals surface area contributed by atoms with Crippen molar-refractivity contribution in [2.24, 2.45) is 5.73 Å². The molecule has 0 radical (unpaired) electrons. The summed E-state index contributed by atoms with van der Waals surface area (Å²) in [6.07, 6.45) is -8.75. The minimum Gasteiger partial charge on any atom is -0.497 e. The first-order valence-corrected chi connectivity index (χ1v) is 8.89. The van der Waals surface area contributed by atoms with Crippen molar-refractivity contribution in [3.8, 4) is 5.75 Å². The van der Waals surface area contributed by atoms with Gasteiger partial charge in [-0.05, 0) is 41.9 Å². The summed E-state index contributed by atoms with van der Waals surface area (Å²) >= 11 is 0. The Bertz CT molecular complexity index is 904. The van der Waals surface area contributed by atoms with E-state index < -0.39 is 18.6 Å². The van der Waals surface area contributed by atoms with Gasteiger partial charge in [0, 0.05) is 18.7 Å². The molecule has 1 aliphatic rings. The predicted molar refractivity (Wildman–Crippen MR) is 99.8 cm³/mol. The number of hydrogen-bond acceptors (Lipinski definition) is 5. The lowest BCUT2D eigenvalue weighted by Gasteiger charge is -2.30. The summed E-state index contributed by atoms with van der Waals surface area (Å²) in [4.78, 5) is 15.1.